The number of piperazine rings is 1. The molecule has 1 amide bonds. The van der Waals surface area contributed by atoms with E-state index in [0.29, 0.717) is 6.20 Å². The molecule has 2 aromatic rings. The van der Waals surface area contributed by atoms with Crippen molar-refractivity contribution in [3.05, 3.63) is 40.7 Å². The van der Waals surface area contributed by atoms with E-state index in [0.717, 1.165) is 18.2 Å². The summed E-state index contributed by atoms with van der Waals surface area (Å²) in [5.41, 5.74) is -0.963. The number of primary sulfonamides is 1. The van der Waals surface area contributed by atoms with Gasteiger partial charge in [0.15, 0.2) is 6.61 Å². The number of pyridine rings is 1. The van der Waals surface area contributed by atoms with Gasteiger partial charge in [-0.25, -0.2) is 23.3 Å². The molecule has 3 heterocycles. The van der Waals surface area contributed by atoms with E-state index in [-0.39, 0.29) is 37.0 Å². The standard InChI is InChI=1S/C17H16ClF3N4O6S/c18-11-7-10(17(19,20)21)8-23-15(11)25-5-3-24(4-6-25)13(26)9-30-16(27)12-1-2-14(31-12)32(22,28)29/h1-2,7-8H,3-6,9H2,(H2,22,28,29). The molecule has 0 aliphatic carbocycles. The van der Waals surface area contributed by atoms with Crippen molar-refractivity contribution in [2.45, 2.75) is 11.3 Å². The first-order valence-corrected chi connectivity index (χ1v) is 10.8. The third-order valence-corrected chi connectivity index (χ3v) is 5.53. The van der Waals surface area contributed by atoms with Crippen molar-refractivity contribution in [2.24, 2.45) is 5.14 Å². The number of carbonyl (C=O) groups is 2. The smallest absolute Gasteiger partial charge is 0.417 e. The molecule has 1 aliphatic rings. The van der Waals surface area contributed by atoms with E-state index in [1.165, 1.54) is 4.90 Å². The van der Waals surface area contributed by atoms with E-state index in [4.69, 9.17) is 25.9 Å². The Bertz CT molecular complexity index is 1130. The molecule has 15 heteroatoms. The van der Waals surface area contributed by atoms with Gasteiger partial charge in [0, 0.05) is 32.4 Å². The molecular weight excluding hydrogens is 481 g/mol. The van der Waals surface area contributed by atoms with Crippen LogP contribution in [-0.4, -0.2) is 63.0 Å². The van der Waals surface area contributed by atoms with Crippen molar-refractivity contribution in [1.29, 1.82) is 0 Å². The molecule has 0 radical (unpaired) electrons. The second-order valence-corrected chi connectivity index (χ2v) is 8.53. The minimum Gasteiger partial charge on any atom is -0.450 e. The van der Waals surface area contributed by atoms with E-state index in [1.54, 1.807) is 4.90 Å². The minimum absolute atomic E-state index is 0.161. The predicted octanol–water partition coefficient (Wildman–Crippen LogP) is 1.50. The lowest BCUT2D eigenvalue weighted by Gasteiger charge is -2.35. The summed E-state index contributed by atoms with van der Waals surface area (Å²) in [6.45, 7) is 0.238. The fourth-order valence-electron chi connectivity index (χ4n) is 2.86. The average Bonchev–Trinajstić information content (AvgIpc) is 3.22. The molecular formula is C17H16ClF3N4O6S. The van der Waals surface area contributed by atoms with E-state index < -0.39 is 51.1 Å². The van der Waals surface area contributed by atoms with Gasteiger partial charge in [-0.1, -0.05) is 11.6 Å². The monoisotopic (exact) mass is 496 g/mol. The molecule has 32 heavy (non-hydrogen) atoms. The number of amides is 1. The summed E-state index contributed by atoms with van der Waals surface area (Å²) >= 11 is 5.94. The quantitative estimate of drug-likeness (QED) is 0.615. The van der Waals surface area contributed by atoms with Crippen LogP contribution in [0.3, 0.4) is 0 Å². The Morgan fingerprint density at radius 2 is 1.88 bits per heavy atom. The van der Waals surface area contributed by atoms with Crippen LogP contribution < -0.4 is 10.0 Å². The van der Waals surface area contributed by atoms with E-state index >= 15 is 0 Å². The Kier molecular flexibility index (Phi) is 6.67. The van der Waals surface area contributed by atoms with Gasteiger partial charge in [-0.05, 0) is 18.2 Å². The summed E-state index contributed by atoms with van der Waals surface area (Å²) < 4.78 is 70.2. The Hall–Kier alpha value is -2.84. The van der Waals surface area contributed by atoms with Crippen LogP contribution >= 0.6 is 11.6 Å². The number of aromatic nitrogens is 1. The summed E-state index contributed by atoms with van der Waals surface area (Å²) in [5, 5.41) is 4.09. The Morgan fingerprint density at radius 3 is 2.41 bits per heavy atom. The van der Waals surface area contributed by atoms with Crippen molar-refractivity contribution in [3.8, 4) is 0 Å². The first-order valence-electron chi connectivity index (χ1n) is 8.91. The highest BCUT2D eigenvalue weighted by atomic mass is 35.5. The third-order valence-electron chi connectivity index (χ3n) is 4.47. The maximum absolute atomic E-state index is 12.7. The van der Waals surface area contributed by atoms with Gasteiger partial charge in [0.25, 0.3) is 15.9 Å². The number of ether oxygens (including phenoxy) is 1. The molecule has 2 N–H and O–H groups in total. The minimum atomic E-state index is -4.56. The van der Waals surface area contributed by atoms with Crippen LogP contribution in [-0.2, 0) is 25.7 Å². The lowest BCUT2D eigenvalue weighted by atomic mass is 10.2. The number of esters is 1. The zero-order valence-electron chi connectivity index (χ0n) is 16.1. The van der Waals surface area contributed by atoms with Crippen LogP contribution in [0.25, 0.3) is 0 Å². The number of nitrogens with zero attached hydrogens (tertiary/aromatic N) is 3. The van der Waals surface area contributed by atoms with Crippen LogP contribution in [0.5, 0.6) is 0 Å². The second kappa shape index (κ2) is 8.96. The number of sulfonamides is 1. The lowest BCUT2D eigenvalue weighted by molar-refractivity contribution is -0.138. The Balaban J connectivity index is 1.52. The number of hydrogen-bond donors (Lipinski definition) is 1. The zero-order valence-corrected chi connectivity index (χ0v) is 17.7. The van der Waals surface area contributed by atoms with Crippen LogP contribution in [0.2, 0.25) is 5.02 Å². The average molecular weight is 497 g/mol. The fraction of sp³-hybridized carbons (Fsp3) is 0.353. The van der Waals surface area contributed by atoms with Crippen LogP contribution in [0.4, 0.5) is 19.0 Å². The Morgan fingerprint density at radius 1 is 1.22 bits per heavy atom. The largest absolute Gasteiger partial charge is 0.450 e. The molecule has 1 fully saturated rings. The molecule has 0 bridgehead atoms. The number of carbonyl (C=O) groups excluding carboxylic acids is 2. The summed E-state index contributed by atoms with van der Waals surface area (Å²) in [7, 11) is -4.13. The number of rotatable bonds is 5. The van der Waals surface area contributed by atoms with E-state index in [1.807, 2.05) is 0 Å². The Labute approximate surface area is 184 Å². The molecule has 0 atom stereocenters. The maximum Gasteiger partial charge on any atom is 0.417 e. The number of halogens is 4. The molecule has 10 nitrogen and oxygen atoms in total. The molecule has 0 saturated carbocycles. The summed E-state index contributed by atoms with van der Waals surface area (Å²) in [6.07, 6.45) is -3.87. The third kappa shape index (κ3) is 5.49. The molecule has 3 rings (SSSR count). The second-order valence-electron chi connectivity index (χ2n) is 6.63. The highest BCUT2D eigenvalue weighted by Gasteiger charge is 2.32. The molecule has 174 valence electrons. The molecule has 0 unspecified atom stereocenters. The summed E-state index contributed by atoms with van der Waals surface area (Å²) in [4.78, 5) is 31.0. The number of anilines is 1. The molecule has 1 saturated heterocycles. The number of hydrogen-bond acceptors (Lipinski definition) is 8. The highest BCUT2D eigenvalue weighted by Crippen LogP contribution is 2.33. The number of alkyl halides is 3. The van der Waals surface area contributed by atoms with Gasteiger partial charge in [0.2, 0.25) is 10.9 Å². The van der Waals surface area contributed by atoms with Crippen LogP contribution in [0, 0.1) is 0 Å². The predicted molar refractivity (Wildman–Crippen MR) is 103 cm³/mol. The van der Waals surface area contributed by atoms with Crippen molar-refractivity contribution in [3.63, 3.8) is 0 Å². The van der Waals surface area contributed by atoms with Gasteiger partial charge in [-0.15, -0.1) is 0 Å². The summed E-state index contributed by atoms with van der Waals surface area (Å²) in [6, 6.07) is 2.82. The van der Waals surface area contributed by atoms with Gasteiger partial charge in [0.05, 0.1) is 10.6 Å². The zero-order chi connectivity index (χ0) is 23.7. The first kappa shape index (κ1) is 23.8. The van der Waals surface area contributed by atoms with Crippen molar-refractivity contribution in [2.75, 3.05) is 37.7 Å². The van der Waals surface area contributed by atoms with E-state index in [2.05, 4.69) is 4.98 Å². The van der Waals surface area contributed by atoms with Crippen molar-refractivity contribution < 1.29 is 40.3 Å². The first-order chi connectivity index (χ1) is 14.9. The summed E-state index contributed by atoms with van der Waals surface area (Å²) in [5.74, 6) is -1.84. The van der Waals surface area contributed by atoms with Gasteiger partial charge in [-0.2, -0.15) is 13.2 Å². The topological polar surface area (TPSA) is 136 Å². The molecule has 0 spiro atoms. The SMILES string of the molecule is NS(=O)(=O)c1ccc(C(=O)OCC(=O)N2CCN(c3ncc(C(F)(F)F)cc3Cl)CC2)o1. The highest BCUT2D eigenvalue weighted by molar-refractivity contribution is 7.89. The van der Waals surface area contributed by atoms with Crippen LogP contribution in [0.15, 0.2) is 33.9 Å². The lowest BCUT2D eigenvalue weighted by Crippen LogP contribution is -2.50. The van der Waals surface area contributed by atoms with Gasteiger partial charge < -0.3 is 19.0 Å². The van der Waals surface area contributed by atoms with Gasteiger partial charge in [0.1, 0.15) is 5.82 Å². The van der Waals surface area contributed by atoms with E-state index in [9.17, 15) is 31.2 Å². The number of furan rings is 1. The van der Waals surface area contributed by atoms with Gasteiger partial charge >= 0.3 is 12.1 Å². The van der Waals surface area contributed by atoms with Crippen LogP contribution in [0.1, 0.15) is 16.1 Å². The fourth-order valence-corrected chi connectivity index (χ4v) is 3.61. The van der Waals surface area contributed by atoms with Gasteiger partial charge in [-0.3, -0.25) is 4.79 Å². The molecule has 0 aromatic carbocycles. The maximum atomic E-state index is 12.7. The molecule has 2 aromatic heterocycles. The van der Waals surface area contributed by atoms with Crippen molar-refractivity contribution in [1.82, 2.24) is 9.88 Å². The normalized spacial score (nSPS) is 15.0. The molecule has 1 aliphatic heterocycles. The van der Waals surface area contributed by atoms with Crippen molar-refractivity contribution >= 4 is 39.3 Å². The number of nitrogens with two attached hydrogens (primary N) is 1.